The van der Waals surface area contributed by atoms with Crippen molar-refractivity contribution in [3.05, 3.63) is 74.9 Å². The Labute approximate surface area is 207 Å². The fourth-order valence-corrected chi connectivity index (χ4v) is 6.11. The Morgan fingerprint density at radius 2 is 1.89 bits per heavy atom. The minimum absolute atomic E-state index is 0.0775. The molecule has 11 heteroatoms. The van der Waals surface area contributed by atoms with E-state index in [-0.39, 0.29) is 29.5 Å². The lowest BCUT2D eigenvalue weighted by molar-refractivity contribution is -0.123. The Morgan fingerprint density at radius 1 is 1.19 bits per heavy atom. The number of aromatic nitrogens is 2. The first-order valence-corrected chi connectivity index (χ1v) is 15.1. The van der Waals surface area contributed by atoms with Crippen LogP contribution in [-0.2, 0) is 17.6 Å². The number of hydrogen-bond acceptors (Lipinski definition) is 6. The quantitative estimate of drug-likeness (QED) is 0.485. The first-order chi connectivity index (χ1) is 17.0. The number of carbonyl (C=O) groups excluding carboxylic acids is 2. The number of aromatic amines is 1. The van der Waals surface area contributed by atoms with Gasteiger partial charge in [-0.05, 0) is 30.7 Å². The molecule has 8 nitrogen and oxygen atoms in total. The molecule has 0 saturated heterocycles. The second kappa shape index (κ2) is 9.80. The van der Waals surface area contributed by atoms with Gasteiger partial charge in [-0.15, -0.1) is 0 Å². The van der Waals surface area contributed by atoms with Gasteiger partial charge in [0.1, 0.15) is 17.7 Å². The third-order valence-corrected chi connectivity index (χ3v) is 7.98. The number of ketones is 1. The van der Waals surface area contributed by atoms with Crippen LogP contribution in [-0.4, -0.2) is 48.0 Å². The highest BCUT2D eigenvalue weighted by molar-refractivity contribution is 6.88. The van der Waals surface area contributed by atoms with Gasteiger partial charge in [0.2, 0.25) is 11.6 Å². The fraction of sp³-hybridized carbons (Fsp3) is 0.360. The average molecular weight is 516 g/mol. The Bertz CT molecular complexity index is 1360. The third-order valence-electron chi connectivity index (χ3n) is 6.00. The van der Waals surface area contributed by atoms with E-state index in [1.165, 1.54) is 17.0 Å². The van der Waals surface area contributed by atoms with Crippen LogP contribution in [0.25, 0.3) is 0 Å². The van der Waals surface area contributed by atoms with Crippen LogP contribution in [0, 0.1) is 11.6 Å². The number of benzene rings is 1. The molecule has 1 amide bonds. The molecular formula is C25H27F2N3O5Si. The van der Waals surface area contributed by atoms with Gasteiger partial charge in [0.05, 0.1) is 26.4 Å². The summed E-state index contributed by atoms with van der Waals surface area (Å²) in [7, 11) is -2.29. The maximum Gasteiger partial charge on any atom is 0.293 e. The highest BCUT2D eigenvalue weighted by Crippen LogP contribution is 2.33. The SMILES string of the molecule is CCOc1ccc2c(n1)CCN(C(=O)c1cc(=O)[nH]o1)[C@H]2C(=O)Cc1cc(F)c([Si](C)(C)C)c(F)c1. The molecule has 1 N–H and O–H groups in total. The van der Waals surface area contributed by atoms with Gasteiger partial charge in [0.15, 0.2) is 5.78 Å². The van der Waals surface area contributed by atoms with E-state index in [1.807, 2.05) is 26.6 Å². The van der Waals surface area contributed by atoms with Gasteiger partial charge < -0.3 is 14.2 Å². The summed E-state index contributed by atoms with van der Waals surface area (Å²) in [4.78, 5) is 44.1. The first-order valence-electron chi connectivity index (χ1n) is 11.6. The lowest BCUT2D eigenvalue weighted by atomic mass is 9.90. The molecule has 0 radical (unpaired) electrons. The molecule has 3 aromatic rings. The monoisotopic (exact) mass is 515 g/mol. The molecule has 0 fully saturated rings. The average Bonchev–Trinajstić information content (AvgIpc) is 3.22. The molecule has 2 aromatic heterocycles. The van der Waals surface area contributed by atoms with Crippen LogP contribution in [0.1, 0.15) is 40.3 Å². The lowest BCUT2D eigenvalue weighted by Crippen LogP contribution is -2.44. The van der Waals surface area contributed by atoms with Crippen LogP contribution in [0.2, 0.25) is 19.6 Å². The van der Waals surface area contributed by atoms with E-state index >= 15 is 0 Å². The largest absolute Gasteiger partial charge is 0.478 e. The normalized spacial score (nSPS) is 15.5. The molecule has 1 aromatic carbocycles. The van der Waals surface area contributed by atoms with E-state index in [2.05, 4.69) is 10.1 Å². The fourth-order valence-electron chi connectivity index (χ4n) is 4.53. The summed E-state index contributed by atoms with van der Waals surface area (Å²) in [6.07, 6.45) is 0.0343. The summed E-state index contributed by atoms with van der Waals surface area (Å²) in [5, 5.41) is 2.15. The van der Waals surface area contributed by atoms with Crippen LogP contribution in [0.15, 0.2) is 39.6 Å². The number of ether oxygens (including phenoxy) is 1. The maximum atomic E-state index is 14.8. The van der Waals surface area contributed by atoms with Crippen molar-refractivity contribution in [2.75, 3.05) is 13.2 Å². The van der Waals surface area contributed by atoms with Crippen LogP contribution >= 0.6 is 0 Å². The molecule has 1 aliphatic heterocycles. The smallest absolute Gasteiger partial charge is 0.293 e. The van der Waals surface area contributed by atoms with Crippen molar-refractivity contribution in [3.8, 4) is 5.88 Å². The second-order valence-corrected chi connectivity index (χ2v) is 14.7. The van der Waals surface area contributed by atoms with Crippen LogP contribution in [0.4, 0.5) is 8.78 Å². The van der Waals surface area contributed by atoms with Gasteiger partial charge >= 0.3 is 0 Å². The zero-order chi connectivity index (χ0) is 26.2. The zero-order valence-corrected chi connectivity index (χ0v) is 21.5. The highest BCUT2D eigenvalue weighted by atomic mass is 28.3. The van der Waals surface area contributed by atoms with Crippen LogP contribution in [0.5, 0.6) is 5.88 Å². The number of rotatable bonds is 7. The second-order valence-electron chi connectivity index (χ2n) is 9.67. The van der Waals surface area contributed by atoms with Crippen molar-refractivity contribution >= 4 is 25.0 Å². The number of Topliss-reactive ketones (excluding diaryl/α,β-unsaturated/α-hetero) is 1. The summed E-state index contributed by atoms with van der Waals surface area (Å²) in [6, 6.07) is 5.56. The van der Waals surface area contributed by atoms with Crippen molar-refractivity contribution in [2.24, 2.45) is 0 Å². The Morgan fingerprint density at radius 3 is 2.47 bits per heavy atom. The Hall–Kier alpha value is -3.60. The predicted octanol–water partition coefficient (Wildman–Crippen LogP) is 3.14. The summed E-state index contributed by atoms with van der Waals surface area (Å²) >= 11 is 0. The minimum Gasteiger partial charge on any atom is -0.478 e. The van der Waals surface area contributed by atoms with E-state index in [4.69, 9.17) is 9.26 Å². The molecule has 36 heavy (non-hydrogen) atoms. The number of nitrogens with one attached hydrogen (secondary N) is 1. The molecular weight excluding hydrogens is 488 g/mol. The summed E-state index contributed by atoms with van der Waals surface area (Å²) < 4.78 is 40.1. The van der Waals surface area contributed by atoms with E-state index in [0.717, 1.165) is 6.07 Å². The van der Waals surface area contributed by atoms with E-state index < -0.39 is 43.0 Å². The van der Waals surface area contributed by atoms with Crippen LogP contribution in [0.3, 0.4) is 0 Å². The van der Waals surface area contributed by atoms with E-state index in [0.29, 0.717) is 30.2 Å². The summed E-state index contributed by atoms with van der Waals surface area (Å²) in [5.41, 5.74) is 0.657. The number of H-pyrrole nitrogens is 1. The van der Waals surface area contributed by atoms with Crippen molar-refractivity contribution in [1.29, 1.82) is 0 Å². The van der Waals surface area contributed by atoms with Crippen molar-refractivity contribution in [2.45, 2.75) is 45.4 Å². The number of halogens is 2. The zero-order valence-electron chi connectivity index (χ0n) is 20.5. The summed E-state index contributed by atoms with van der Waals surface area (Å²) in [6.45, 7) is 7.87. The first kappa shape index (κ1) is 25.5. The molecule has 0 aliphatic carbocycles. The molecule has 0 spiro atoms. The summed E-state index contributed by atoms with van der Waals surface area (Å²) in [5.74, 6) is -2.30. The van der Waals surface area contributed by atoms with Crippen LogP contribution < -0.4 is 15.5 Å². The van der Waals surface area contributed by atoms with Crippen molar-refractivity contribution in [3.63, 3.8) is 0 Å². The minimum atomic E-state index is -2.29. The van der Waals surface area contributed by atoms with Gasteiger partial charge in [-0.2, -0.15) is 5.16 Å². The molecule has 0 unspecified atom stereocenters. The van der Waals surface area contributed by atoms with E-state index in [9.17, 15) is 23.2 Å². The number of hydrogen-bond donors (Lipinski definition) is 1. The number of pyridine rings is 1. The number of carbonyl (C=O) groups is 2. The standard InChI is InChI=1S/C25H27F2N3O5Si/c1-5-34-22-7-6-15-18(28-22)8-9-30(25(33)20-13-21(32)29-35-20)23(15)19(31)12-14-10-16(26)24(17(27)11-14)36(2,3)4/h6-7,10-11,13,23H,5,8-9,12H2,1-4H3,(H,29,32)/t23-/m1/s1. The van der Waals surface area contributed by atoms with Gasteiger partial charge in [-0.3, -0.25) is 14.4 Å². The molecule has 4 rings (SSSR count). The topological polar surface area (TPSA) is 106 Å². The van der Waals surface area contributed by atoms with Gasteiger partial charge in [0.25, 0.3) is 11.5 Å². The number of nitrogens with zero attached hydrogens (tertiary/aromatic N) is 2. The molecule has 190 valence electrons. The van der Waals surface area contributed by atoms with Gasteiger partial charge in [-0.25, -0.2) is 13.8 Å². The highest BCUT2D eigenvalue weighted by Gasteiger charge is 2.38. The van der Waals surface area contributed by atoms with Crippen molar-refractivity contribution < 1.29 is 27.6 Å². The number of fused-ring (bicyclic) bond motifs is 1. The van der Waals surface area contributed by atoms with E-state index in [1.54, 1.807) is 12.1 Å². The Kier molecular flexibility index (Phi) is 6.94. The van der Waals surface area contributed by atoms with Gasteiger partial charge in [-0.1, -0.05) is 19.6 Å². The molecule has 1 aliphatic rings. The molecule has 1 atom stereocenters. The number of amides is 1. The third kappa shape index (κ3) is 5.01. The van der Waals surface area contributed by atoms with Gasteiger partial charge in [0, 0.05) is 36.2 Å². The molecule has 3 heterocycles. The molecule has 0 saturated carbocycles. The maximum absolute atomic E-state index is 14.8. The van der Waals surface area contributed by atoms with Crippen molar-refractivity contribution in [1.82, 2.24) is 15.0 Å². The Balaban J connectivity index is 1.72. The predicted molar refractivity (Wildman–Crippen MR) is 130 cm³/mol. The lowest BCUT2D eigenvalue weighted by Gasteiger charge is -2.35. The molecule has 0 bridgehead atoms.